The number of hydrogen-bond acceptors (Lipinski definition) is 5. The van der Waals surface area contributed by atoms with Crippen molar-refractivity contribution in [3.05, 3.63) is 34.9 Å². The molecule has 0 aliphatic rings. The summed E-state index contributed by atoms with van der Waals surface area (Å²) in [6.45, 7) is 3.55. The van der Waals surface area contributed by atoms with E-state index in [2.05, 4.69) is 5.16 Å². The highest BCUT2D eigenvalue weighted by molar-refractivity contribution is 5.97. The number of benzene rings is 1. The Kier molecular flexibility index (Phi) is 6.44. The van der Waals surface area contributed by atoms with E-state index in [0.29, 0.717) is 25.3 Å². The van der Waals surface area contributed by atoms with Crippen LogP contribution in [0.3, 0.4) is 0 Å². The van der Waals surface area contributed by atoms with Crippen molar-refractivity contribution in [3.8, 4) is 0 Å². The van der Waals surface area contributed by atoms with Gasteiger partial charge in [0.2, 0.25) is 0 Å². The predicted molar refractivity (Wildman–Crippen MR) is 77.9 cm³/mol. The van der Waals surface area contributed by atoms with Gasteiger partial charge in [-0.1, -0.05) is 17.3 Å². The molecule has 0 aliphatic heterocycles. The van der Waals surface area contributed by atoms with Crippen LogP contribution >= 0.6 is 0 Å². The number of ether oxygens (including phenoxy) is 1. The first-order valence-corrected chi connectivity index (χ1v) is 6.41. The fourth-order valence-electron chi connectivity index (χ4n) is 2.05. The van der Waals surface area contributed by atoms with Crippen LogP contribution in [0, 0.1) is 6.92 Å². The number of methoxy groups -OCH3 is 1. The average molecular weight is 281 g/mol. The van der Waals surface area contributed by atoms with Crippen LogP contribution in [-0.2, 0) is 11.3 Å². The van der Waals surface area contributed by atoms with E-state index in [1.165, 1.54) is 0 Å². The van der Waals surface area contributed by atoms with Crippen LogP contribution in [0.2, 0.25) is 0 Å². The molecule has 6 heteroatoms. The number of nitrogens with zero attached hydrogens (tertiary/aromatic N) is 2. The highest BCUT2D eigenvalue weighted by atomic mass is 16.5. The van der Waals surface area contributed by atoms with Crippen LogP contribution in [0.25, 0.3) is 0 Å². The van der Waals surface area contributed by atoms with Gasteiger partial charge in [0, 0.05) is 25.8 Å². The first kappa shape index (κ1) is 16.4. The zero-order valence-electron chi connectivity index (χ0n) is 12.2. The molecule has 112 valence electrons. The zero-order chi connectivity index (χ0) is 15.1. The SMILES string of the molecule is COCC(O)CN(C)Cc1ccc(/C(N)=N/O)cc1C. The van der Waals surface area contributed by atoms with Crippen molar-refractivity contribution in [2.75, 3.05) is 27.3 Å². The molecule has 0 saturated heterocycles. The quantitative estimate of drug-likeness (QED) is 0.293. The van der Waals surface area contributed by atoms with Crippen LogP contribution in [0.1, 0.15) is 16.7 Å². The minimum absolute atomic E-state index is 0.100. The van der Waals surface area contributed by atoms with Crippen LogP contribution in [0.5, 0.6) is 0 Å². The molecular formula is C14H23N3O3. The molecular weight excluding hydrogens is 258 g/mol. The lowest BCUT2D eigenvalue weighted by Gasteiger charge is -2.21. The first-order chi connectivity index (χ1) is 9.47. The molecule has 0 saturated carbocycles. The van der Waals surface area contributed by atoms with Gasteiger partial charge in [-0.05, 0) is 31.2 Å². The number of aryl methyl sites for hydroxylation is 1. The van der Waals surface area contributed by atoms with E-state index in [-0.39, 0.29) is 5.84 Å². The molecule has 0 aliphatic carbocycles. The van der Waals surface area contributed by atoms with Crippen molar-refractivity contribution >= 4 is 5.84 Å². The maximum atomic E-state index is 9.69. The lowest BCUT2D eigenvalue weighted by molar-refractivity contribution is 0.0418. The Morgan fingerprint density at radius 2 is 2.20 bits per heavy atom. The van der Waals surface area contributed by atoms with Gasteiger partial charge in [-0.2, -0.15) is 0 Å². The predicted octanol–water partition coefficient (Wildman–Crippen LogP) is 0.529. The Morgan fingerprint density at radius 3 is 2.75 bits per heavy atom. The van der Waals surface area contributed by atoms with Gasteiger partial charge in [-0.25, -0.2) is 0 Å². The molecule has 0 radical (unpaired) electrons. The highest BCUT2D eigenvalue weighted by Crippen LogP contribution is 2.13. The standard InChI is InChI=1S/C14H23N3O3/c1-10-6-11(14(15)16-19)4-5-12(10)7-17(2)8-13(18)9-20-3/h4-6,13,18-19H,7-9H2,1-3H3,(H2,15,16). The number of aliphatic hydroxyl groups excluding tert-OH is 1. The molecule has 1 aromatic carbocycles. The molecule has 0 bridgehead atoms. The van der Waals surface area contributed by atoms with Crippen LogP contribution < -0.4 is 5.73 Å². The summed E-state index contributed by atoms with van der Waals surface area (Å²) in [5, 5.41) is 21.3. The van der Waals surface area contributed by atoms with E-state index >= 15 is 0 Å². The Morgan fingerprint density at radius 1 is 1.50 bits per heavy atom. The fourth-order valence-corrected chi connectivity index (χ4v) is 2.05. The molecule has 6 nitrogen and oxygen atoms in total. The van der Waals surface area contributed by atoms with Crippen molar-refractivity contribution in [2.24, 2.45) is 10.9 Å². The summed E-state index contributed by atoms with van der Waals surface area (Å²) in [6, 6.07) is 5.64. The Labute approximate surface area is 119 Å². The number of nitrogens with two attached hydrogens (primary N) is 1. The summed E-state index contributed by atoms with van der Waals surface area (Å²) in [5.74, 6) is 0.100. The van der Waals surface area contributed by atoms with Gasteiger partial charge in [0.15, 0.2) is 5.84 Å². The third-order valence-corrected chi connectivity index (χ3v) is 3.07. The minimum Gasteiger partial charge on any atom is -0.409 e. The molecule has 1 rings (SSSR count). The van der Waals surface area contributed by atoms with Gasteiger partial charge in [-0.15, -0.1) is 0 Å². The second kappa shape index (κ2) is 7.84. The molecule has 20 heavy (non-hydrogen) atoms. The third-order valence-electron chi connectivity index (χ3n) is 3.07. The summed E-state index contributed by atoms with van der Waals surface area (Å²) in [7, 11) is 3.51. The highest BCUT2D eigenvalue weighted by Gasteiger charge is 2.10. The number of likely N-dealkylation sites (N-methyl/N-ethyl adjacent to an activating group) is 1. The minimum atomic E-state index is -0.498. The average Bonchev–Trinajstić information content (AvgIpc) is 2.40. The van der Waals surface area contributed by atoms with E-state index in [1.54, 1.807) is 7.11 Å². The second-order valence-electron chi connectivity index (χ2n) is 4.93. The number of oxime groups is 1. The van der Waals surface area contributed by atoms with Gasteiger partial charge in [0.25, 0.3) is 0 Å². The van der Waals surface area contributed by atoms with Crippen molar-refractivity contribution < 1.29 is 15.1 Å². The smallest absolute Gasteiger partial charge is 0.170 e. The molecule has 1 unspecified atom stereocenters. The van der Waals surface area contributed by atoms with Gasteiger partial charge >= 0.3 is 0 Å². The Bertz CT molecular complexity index is 463. The van der Waals surface area contributed by atoms with E-state index < -0.39 is 6.10 Å². The Hall–Kier alpha value is -1.63. The van der Waals surface area contributed by atoms with E-state index in [9.17, 15) is 5.11 Å². The van der Waals surface area contributed by atoms with Gasteiger partial charge in [0.1, 0.15) is 0 Å². The molecule has 0 amide bonds. The molecule has 1 atom stereocenters. The van der Waals surface area contributed by atoms with Crippen LogP contribution in [0.15, 0.2) is 23.4 Å². The van der Waals surface area contributed by atoms with Crippen molar-refractivity contribution in [2.45, 2.75) is 19.6 Å². The number of amidine groups is 1. The molecule has 0 aromatic heterocycles. The van der Waals surface area contributed by atoms with Crippen LogP contribution in [-0.4, -0.2) is 54.5 Å². The Balaban J connectivity index is 2.69. The van der Waals surface area contributed by atoms with Gasteiger partial charge < -0.3 is 20.8 Å². The van der Waals surface area contributed by atoms with E-state index in [4.69, 9.17) is 15.7 Å². The second-order valence-corrected chi connectivity index (χ2v) is 4.93. The van der Waals surface area contributed by atoms with Gasteiger partial charge in [-0.3, -0.25) is 4.90 Å². The lowest BCUT2D eigenvalue weighted by atomic mass is 10.0. The first-order valence-electron chi connectivity index (χ1n) is 6.41. The number of rotatable bonds is 7. The maximum Gasteiger partial charge on any atom is 0.170 e. The fraction of sp³-hybridized carbons (Fsp3) is 0.500. The summed E-state index contributed by atoms with van der Waals surface area (Å²) < 4.78 is 4.91. The van der Waals surface area contributed by atoms with E-state index in [1.807, 2.05) is 37.1 Å². The largest absolute Gasteiger partial charge is 0.409 e. The van der Waals surface area contributed by atoms with Crippen molar-refractivity contribution in [1.29, 1.82) is 0 Å². The van der Waals surface area contributed by atoms with Crippen molar-refractivity contribution in [1.82, 2.24) is 4.90 Å². The van der Waals surface area contributed by atoms with Crippen molar-refractivity contribution in [3.63, 3.8) is 0 Å². The monoisotopic (exact) mass is 281 g/mol. The lowest BCUT2D eigenvalue weighted by Crippen LogP contribution is -2.31. The molecule has 0 heterocycles. The third kappa shape index (κ3) is 4.80. The summed E-state index contributed by atoms with van der Waals surface area (Å²) >= 11 is 0. The zero-order valence-corrected chi connectivity index (χ0v) is 12.2. The molecule has 0 fully saturated rings. The maximum absolute atomic E-state index is 9.69. The number of hydrogen-bond donors (Lipinski definition) is 3. The molecule has 0 spiro atoms. The van der Waals surface area contributed by atoms with Gasteiger partial charge in [0.05, 0.1) is 12.7 Å². The molecule has 1 aromatic rings. The topological polar surface area (TPSA) is 91.3 Å². The summed E-state index contributed by atoms with van der Waals surface area (Å²) in [5.41, 5.74) is 8.44. The summed E-state index contributed by atoms with van der Waals surface area (Å²) in [4.78, 5) is 2.02. The number of aliphatic hydroxyl groups is 1. The molecule has 4 N–H and O–H groups in total. The van der Waals surface area contributed by atoms with E-state index in [0.717, 1.165) is 11.1 Å². The summed E-state index contributed by atoms with van der Waals surface area (Å²) in [6.07, 6.45) is -0.498. The van der Waals surface area contributed by atoms with Crippen LogP contribution in [0.4, 0.5) is 0 Å². The normalized spacial score (nSPS) is 13.8.